The van der Waals surface area contributed by atoms with Gasteiger partial charge in [0.05, 0.1) is 11.1 Å². The Balaban J connectivity index is 1.60. The van der Waals surface area contributed by atoms with Gasteiger partial charge in [-0.3, -0.25) is 24.1 Å². The van der Waals surface area contributed by atoms with E-state index >= 15 is 0 Å². The van der Waals surface area contributed by atoms with Crippen LogP contribution in [0.5, 0.6) is 0 Å². The smallest absolute Gasteiger partial charge is 0.261 e. The fourth-order valence-corrected chi connectivity index (χ4v) is 3.75. The third-order valence-electron chi connectivity index (χ3n) is 5.55. The highest BCUT2D eigenvalue weighted by Crippen LogP contribution is 2.22. The Kier molecular flexibility index (Phi) is 7.18. The molecular formula is C24H27N3O4. The van der Waals surface area contributed by atoms with Crippen molar-refractivity contribution in [1.29, 1.82) is 0 Å². The summed E-state index contributed by atoms with van der Waals surface area (Å²) in [7, 11) is 1.54. The highest BCUT2D eigenvalue weighted by molar-refractivity contribution is 6.21. The van der Waals surface area contributed by atoms with Crippen LogP contribution >= 0.6 is 0 Å². The molecule has 31 heavy (non-hydrogen) atoms. The lowest BCUT2D eigenvalue weighted by Gasteiger charge is -2.28. The minimum atomic E-state index is -0.611. The van der Waals surface area contributed by atoms with Crippen molar-refractivity contribution >= 4 is 23.6 Å². The molecule has 3 rings (SSSR count). The Morgan fingerprint density at radius 1 is 0.968 bits per heavy atom. The molecule has 0 aliphatic carbocycles. The van der Waals surface area contributed by atoms with Gasteiger partial charge in [-0.25, -0.2) is 0 Å². The van der Waals surface area contributed by atoms with Crippen molar-refractivity contribution in [2.24, 2.45) is 0 Å². The molecule has 1 N–H and O–H groups in total. The van der Waals surface area contributed by atoms with Crippen LogP contribution in [-0.2, 0) is 16.0 Å². The average molecular weight is 421 g/mol. The molecule has 7 heteroatoms. The number of nitrogens with zero attached hydrogens (tertiary/aromatic N) is 2. The average Bonchev–Trinajstić information content (AvgIpc) is 3.04. The van der Waals surface area contributed by atoms with E-state index in [0.717, 1.165) is 5.56 Å². The molecule has 1 aliphatic heterocycles. The van der Waals surface area contributed by atoms with Gasteiger partial charge < -0.3 is 10.2 Å². The van der Waals surface area contributed by atoms with Crippen LogP contribution in [0.3, 0.4) is 0 Å². The van der Waals surface area contributed by atoms with Crippen LogP contribution in [-0.4, -0.2) is 59.6 Å². The maximum absolute atomic E-state index is 12.9. The lowest BCUT2D eigenvalue weighted by molar-refractivity contribution is -0.139. The molecule has 1 heterocycles. The summed E-state index contributed by atoms with van der Waals surface area (Å²) in [4.78, 5) is 52.8. The van der Waals surface area contributed by atoms with Gasteiger partial charge in [0, 0.05) is 26.6 Å². The quantitative estimate of drug-likeness (QED) is 0.630. The maximum Gasteiger partial charge on any atom is 0.261 e. The summed E-state index contributed by atoms with van der Waals surface area (Å²) in [5, 5.41) is 2.59. The zero-order valence-electron chi connectivity index (χ0n) is 17.8. The Labute approximate surface area is 182 Å². The van der Waals surface area contributed by atoms with E-state index in [1.165, 1.54) is 4.90 Å². The number of carbonyl (C=O) groups excluding carboxylic acids is 4. The molecular weight excluding hydrogens is 394 g/mol. The highest BCUT2D eigenvalue weighted by Gasteiger charge is 2.35. The first-order valence-corrected chi connectivity index (χ1v) is 10.4. The minimum Gasteiger partial charge on any atom is -0.357 e. The van der Waals surface area contributed by atoms with Crippen LogP contribution in [0.15, 0.2) is 54.6 Å². The Morgan fingerprint density at radius 3 is 2.13 bits per heavy atom. The normalized spacial score (nSPS) is 13.7. The molecule has 0 saturated carbocycles. The van der Waals surface area contributed by atoms with Crippen molar-refractivity contribution in [3.8, 4) is 0 Å². The van der Waals surface area contributed by atoms with Crippen LogP contribution in [0.1, 0.15) is 46.0 Å². The molecule has 2 aromatic carbocycles. The van der Waals surface area contributed by atoms with E-state index in [0.29, 0.717) is 30.5 Å². The first-order chi connectivity index (χ1) is 14.9. The maximum atomic E-state index is 12.9. The monoisotopic (exact) mass is 421 g/mol. The van der Waals surface area contributed by atoms with Crippen LogP contribution in [0.2, 0.25) is 0 Å². The number of hydrogen-bond acceptors (Lipinski definition) is 4. The second-order valence-corrected chi connectivity index (χ2v) is 7.52. The van der Waals surface area contributed by atoms with Gasteiger partial charge in [0.1, 0.15) is 6.04 Å². The Hall–Kier alpha value is -3.48. The molecule has 0 unspecified atom stereocenters. The molecule has 7 nitrogen and oxygen atoms in total. The number of amides is 4. The molecule has 4 amide bonds. The first-order valence-electron chi connectivity index (χ1n) is 10.4. The lowest BCUT2D eigenvalue weighted by Crippen LogP contribution is -2.48. The number of nitrogens with one attached hydrogen (secondary N) is 1. The predicted molar refractivity (Wildman–Crippen MR) is 116 cm³/mol. The van der Waals surface area contributed by atoms with Gasteiger partial charge in [-0.15, -0.1) is 0 Å². The van der Waals surface area contributed by atoms with Crippen molar-refractivity contribution in [2.75, 3.05) is 20.1 Å². The van der Waals surface area contributed by atoms with E-state index in [1.807, 2.05) is 30.3 Å². The van der Waals surface area contributed by atoms with Crippen LogP contribution < -0.4 is 5.32 Å². The van der Waals surface area contributed by atoms with Gasteiger partial charge in [-0.2, -0.15) is 0 Å². The molecule has 0 saturated heterocycles. The largest absolute Gasteiger partial charge is 0.357 e. The standard InChI is InChI=1S/C24H27N3O4/c1-17(22(29)25-2)26(16-14-18-9-4-3-5-10-18)21(28)13-8-15-27-23(30)19-11-6-7-12-20(19)24(27)31/h3-7,9-12,17H,8,13-16H2,1-2H3,(H,25,29)/t17-/m1/s1. The lowest BCUT2D eigenvalue weighted by atomic mass is 10.1. The number of hydrogen-bond donors (Lipinski definition) is 1. The summed E-state index contributed by atoms with van der Waals surface area (Å²) in [5.74, 6) is -1.06. The summed E-state index contributed by atoms with van der Waals surface area (Å²) in [6, 6.07) is 15.9. The molecule has 0 bridgehead atoms. The van der Waals surface area contributed by atoms with Crippen molar-refractivity contribution < 1.29 is 19.2 Å². The zero-order chi connectivity index (χ0) is 22.4. The third-order valence-corrected chi connectivity index (χ3v) is 5.55. The molecule has 0 spiro atoms. The molecule has 1 aliphatic rings. The Morgan fingerprint density at radius 2 is 1.55 bits per heavy atom. The van der Waals surface area contributed by atoms with E-state index < -0.39 is 6.04 Å². The van der Waals surface area contributed by atoms with Gasteiger partial charge in [-0.1, -0.05) is 42.5 Å². The topological polar surface area (TPSA) is 86.8 Å². The van der Waals surface area contributed by atoms with Crippen molar-refractivity contribution in [1.82, 2.24) is 15.1 Å². The zero-order valence-corrected chi connectivity index (χ0v) is 17.8. The van der Waals surface area contributed by atoms with E-state index in [4.69, 9.17) is 0 Å². The summed E-state index contributed by atoms with van der Waals surface area (Å²) in [5.41, 5.74) is 1.88. The number of imide groups is 1. The van der Waals surface area contributed by atoms with Gasteiger partial charge in [0.25, 0.3) is 11.8 Å². The van der Waals surface area contributed by atoms with E-state index in [9.17, 15) is 19.2 Å². The van der Waals surface area contributed by atoms with Crippen LogP contribution in [0.4, 0.5) is 0 Å². The van der Waals surface area contributed by atoms with Gasteiger partial charge >= 0.3 is 0 Å². The van der Waals surface area contributed by atoms with E-state index in [-0.39, 0.29) is 36.6 Å². The molecule has 0 radical (unpaired) electrons. The number of benzene rings is 2. The third kappa shape index (κ3) is 4.99. The number of likely N-dealkylation sites (N-methyl/N-ethyl adjacent to an activating group) is 1. The molecule has 2 aromatic rings. The summed E-state index contributed by atoms with van der Waals surface area (Å²) < 4.78 is 0. The second-order valence-electron chi connectivity index (χ2n) is 7.52. The molecule has 0 fully saturated rings. The molecule has 0 aromatic heterocycles. The van der Waals surface area contributed by atoms with E-state index in [1.54, 1.807) is 43.1 Å². The van der Waals surface area contributed by atoms with Crippen molar-refractivity contribution in [2.45, 2.75) is 32.2 Å². The number of rotatable bonds is 9. The second kappa shape index (κ2) is 10.0. The summed E-state index contributed by atoms with van der Waals surface area (Å²) in [6.07, 6.45) is 1.11. The number of carbonyl (C=O) groups is 4. The van der Waals surface area contributed by atoms with Crippen molar-refractivity contribution in [3.05, 3.63) is 71.3 Å². The van der Waals surface area contributed by atoms with E-state index in [2.05, 4.69) is 5.32 Å². The van der Waals surface area contributed by atoms with Crippen LogP contribution in [0.25, 0.3) is 0 Å². The van der Waals surface area contributed by atoms with Crippen molar-refractivity contribution in [3.63, 3.8) is 0 Å². The fourth-order valence-electron chi connectivity index (χ4n) is 3.75. The molecule has 162 valence electrons. The fraction of sp³-hybridized carbons (Fsp3) is 0.333. The molecule has 1 atom stereocenters. The van der Waals surface area contributed by atoms with Gasteiger partial charge in [0.2, 0.25) is 11.8 Å². The highest BCUT2D eigenvalue weighted by atomic mass is 16.2. The minimum absolute atomic E-state index is 0.142. The SMILES string of the molecule is CNC(=O)[C@@H](C)N(CCc1ccccc1)C(=O)CCCN1C(=O)c2ccccc2C1=O. The predicted octanol–water partition coefficient (Wildman–Crippen LogP) is 2.27. The van der Waals surface area contributed by atoms with Gasteiger partial charge in [0.15, 0.2) is 0 Å². The summed E-state index contributed by atoms with van der Waals surface area (Å²) in [6.45, 7) is 2.27. The van der Waals surface area contributed by atoms with Crippen LogP contribution in [0, 0.1) is 0 Å². The summed E-state index contributed by atoms with van der Waals surface area (Å²) >= 11 is 0. The Bertz CT molecular complexity index is 939. The first kappa shape index (κ1) is 22.2. The number of fused-ring (bicyclic) bond motifs is 1. The van der Waals surface area contributed by atoms with Gasteiger partial charge in [-0.05, 0) is 37.5 Å².